The van der Waals surface area contributed by atoms with Crippen LogP contribution < -0.4 is 10.6 Å². The highest BCUT2D eigenvalue weighted by atomic mass is 16.3. The lowest BCUT2D eigenvalue weighted by Crippen LogP contribution is -2.33. The minimum atomic E-state index is -0.00644. The second-order valence-corrected chi connectivity index (χ2v) is 4.99. The molecular formula is C17H20N2O2. The molecule has 1 amide bonds. The van der Waals surface area contributed by atoms with Gasteiger partial charge in [-0.2, -0.15) is 0 Å². The summed E-state index contributed by atoms with van der Waals surface area (Å²) in [7, 11) is 0. The number of nitrogen functional groups attached to an aromatic ring is 1. The van der Waals surface area contributed by atoms with E-state index < -0.39 is 0 Å². The Bertz CT molecular complexity index is 626. The summed E-state index contributed by atoms with van der Waals surface area (Å²) in [6.07, 6.45) is 1.11. The van der Waals surface area contributed by atoms with Gasteiger partial charge in [0.25, 0.3) is 0 Å². The van der Waals surface area contributed by atoms with Gasteiger partial charge in [0.05, 0.1) is 6.42 Å². The summed E-state index contributed by atoms with van der Waals surface area (Å²) in [5.41, 5.74) is 8.04. The SMILES string of the molecule is CCCN(C(=O)Cc1cccc(O)c1)c1cccc(N)c1. The molecule has 0 saturated heterocycles. The quantitative estimate of drug-likeness (QED) is 0.829. The summed E-state index contributed by atoms with van der Waals surface area (Å²) in [5.74, 6) is 0.166. The van der Waals surface area contributed by atoms with Gasteiger partial charge in [0, 0.05) is 17.9 Å². The van der Waals surface area contributed by atoms with Crippen LogP contribution in [0.3, 0.4) is 0 Å². The van der Waals surface area contributed by atoms with Crippen LogP contribution in [0.2, 0.25) is 0 Å². The number of carbonyl (C=O) groups is 1. The number of nitrogens with two attached hydrogens (primary N) is 1. The van der Waals surface area contributed by atoms with Crippen LogP contribution in [0, 0.1) is 0 Å². The van der Waals surface area contributed by atoms with Gasteiger partial charge in [-0.25, -0.2) is 0 Å². The highest BCUT2D eigenvalue weighted by molar-refractivity contribution is 5.95. The van der Waals surface area contributed by atoms with Crippen molar-refractivity contribution in [3.05, 3.63) is 54.1 Å². The maximum atomic E-state index is 12.5. The maximum Gasteiger partial charge on any atom is 0.231 e. The Morgan fingerprint density at radius 1 is 1.19 bits per heavy atom. The van der Waals surface area contributed by atoms with E-state index in [0.29, 0.717) is 12.2 Å². The summed E-state index contributed by atoms with van der Waals surface area (Å²) in [6.45, 7) is 2.67. The number of phenols is 1. The molecule has 0 aromatic heterocycles. The van der Waals surface area contributed by atoms with Crippen molar-refractivity contribution in [2.75, 3.05) is 17.2 Å². The Hall–Kier alpha value is -2.49. The molecule has 0 atom stereocenters. The Labute approximate surface area is 124 Å². The summed E-state index contributed by atoms with van der Waals surface area (Å²) >= 11 is 0. The molecule has 0 aliphatic carbocycles. The van der Waals surface area contributed by atoms with Crippen molar-refractivity contribution in [2.45, 2.75) is 19.8 Å². The van der Waals surface area contributed by atoms with Gasteiger partial charge in [0.15, 0.2) is 0 Å². The molecule has 0 bridgehead atoms. The van der Waals surface area contributed by atoms with Crippen molar-refractivity contribution in [1.82, 2.24) is 0 Å². The third kappa shape index (κ3) is 3.99. The van der Waals surface area contributed by atoms with Gasteiger partial charge in [-0.3, -0.25) is 4.79 Å². The first-order valence-corrected chi connectivity index (χ1v) is 7.04. The summed E-state index contributed by atoms with van der Waals surface area (Å²) in [4.78, 5) is 14.3. The predicted octanol–water partition coefficient (Wildman–Crippen LogP) is 2.96. The van der Waals surface area contributed by atoms with Crippen LogP contribution in [0.25, 0.3) is 0 Å². The van der Waals surface area contributed by atoms with Crippen LogP contribution in [0.15, 0.2) is 48.5 Å². The van der Waals surface area contributed by atoms with Gasteiger partial charge in [-0.1, -0.05) is 25.1 Å². The molecule has 0 fully saturated rings. The largest absolute Gasteiger partial charge is 0.508 e. The molecule has 3 N–H and O–H groups in total. The highest BCUT2D eigenvalue weighted by Gasteiger charge is 2.15. The van der Waals surface area contributed by atoms with E-state index in [-0.39, 0.29) is 18.1 Å². The van der Waals surface area contributed by atoms with Crippen molar-refractivity contribution < 1.29 is 9.90 Å². The monoisotopic (exact) mass is 284 g/mol. The Morgan fingerprint density at radius 3 is 2.62 bits per heavy atom. The van der Waals surface area contributed by atoms with E-state index in [9.17, 15) is 9.90 Å². The molecule has 4 heteroatoms. The van der Waals surface area contributed by atoms with Crippen LogP contribution in [0.4, 0.5) is 11.4 Å². The minimum absolute atomic E-state index is 0.00644. The van der Waals surface area contributed by atoms with E-state index in [4.69, 9.17) is 5.73 Å². The highest BCUT2D eigenvalue weighted by Crippen LogP contribution is 2.20. The van der Waals surface area contributed by atoms with E-state index in [1.54, 1.807) is 35.2 Å². The first kappa shape index (κ1) is 14.9. The maximum absolute atomic E-state index is 12.5. The zero-order valence-corrected chi connectivity index (χ0v) is 12.1. The number of benzene rings is 2. The number of hydrogen-bond donors (Lipinski definition) is 2. The molecule has 0 unspecified atom stereocenters. The van der Waals surface area contributed by atoms with Crippen LogP contribution in [-0.2, 0) is 11.2 Å². The van der Waals surface area contributed by atoms with E-state index in [1.807, 2.05) is 25.1 Å². The molecule has 4 nitrogen and oxygen atoms in total. The standard InChI is InChI=1S/C17H20N2O2/c1-2-9-19(15-7-4-6-14(18)12-15)17(21)11-13-5-3-8-16(20)10-13/h3-8,10,12,20H,2,9,11,18H2,1H3. The van der Waals surface area contributed by atoms with Crippen molar-refractivity contribution in [3.63, 3.8) is 0 Å². The molecule has 21 heavy (non-hydrogen) atoms. The molecule has 2 rings (SSSR count). The van der Waals surface area contributed by atoms with Gasteiger partial charge >= 0.3 is 0 Å². The van der Waals surface area contributed by atoms with E-state index in [2.05, 4.69) is 0 Å². The van der Waals surface area contributed by atoms with Crippen LogP contribution in [0.5, 0.6) is 5.75 Å². The predicted molar refractivity (Wildman–Crippen MR) is 85.3 cm³/mol. The van der Waals surface area contributed by atoms with Crippen molar-refractivity contribution >= 4 is 17.3 Å². The molecule has 0 saturated carbocycles. The molecule has 0 radical (unpaired) electrons. The number of hydrogen-bond acceptors (Lipinski definition) is 3. The number of aromatic hydroxyl groups is 1. The minimum Gasteiger partial charge on any atom is -0.508 e. The third-order valence-electron chi connectivity index (χ3n) is 3.20. The van der Waals surface area contributed by atoms with Crippen molar-refractivity contribution in [2.24, 2.45) is 0 Å². The lowest BCUT2D eigenvalue weighted by molar-refractivity contribution is -0.118. The molecule has 0 heterocycles. The first-order valence-electron chi connectivity index (χ1n) is 7.04. The molecule has 0 aliphatic heterocycles. The lowest BCUT2D eigenvalue weighted by atomic mass is 10.1. The number of carbonyl (C=O) groups excluding carboxylic acids is 1. The molecule has 0 spiro atoms. The van der Waals surface area contributed by atoms with Crippen molar-refractivity contribution in [3.8, 4) is 5.75 Å². The third-order valence-corrected chi connectivity index (χ3v) is 3.20. The average molecular weight is 284 g/mol. The summed E-state index contributed by atoms with van der Waals surface area (Å²) in [5, 5.41) is 9.48. The zero-order valence-electron chi connectivity index (χ0n) is 12.1. The number of rotatable bonds is 5. The van der Waals surface area contributed by atoms with Gasteiger partial charge in [0.2, 0.25) is 5.91 Å². The van der Waals surface area contributed by atoms with Gasteiger partial charge < -0.3 is 15.7 Å². The molecule has 110 valence electrons. The topological polar surface area (TPSA) is 66.6 Å². The molecule has 0 aliphatic rings. The smallest absolute Gasteiger partial charge is 0.231 e. The number of anilines is 2. The van der Waals surface area contributed by atoms with Gasteiger partial charge in [-0.05, 0) is 42.3 Å². The van der Waals surface area contributed by atoms with Crippen molar-refractivity contribution in [1.29, 1.82) is 0 Å². The Morgan fingerprint density at radius 2 is 1.95 bits per heavy atom. The normalized spacial score (nSPS) is 10.3. The van der Waals surface area contributed by atoms with E-state index >= 15 is 0 Å². The number of phenolic OH excluding ortho intramolecular Hbond substituents is 1. The number of amides is 1. The molecule has 2 aromatic rings. The molecule has 2 aromatic carbocycles. The summed E-state index contributed by atoms with van der Waals surface area (Å²) < 4.78 is 0. The Balaban J connectivity index is 2.19. The fourth-order valence-corrected chi connectivity index (χ4v) is 2.25. The second-order valence-electron chi connectivity index (χ2n) is 4.99. The fraction of sp³-hybridized carbons (Fsp3) is 0.235. The van der Waals surface area contributed by atoms with E-state index in [0.717, 1.165) is 17.7 Å². The van der Waals surface area contributed by atoms with Crippen LogP contribution in [-0.4, -0.2) is 17.6 Å². The fourth-order valence-electron chi connectivity index (χ4n) is 2.25. The average Bonchev–Trinajstić information content (AvgIpc) is 2.44. The van der Waals surface area contributed by atoms with E-state index in [1.165, 1.54) is 0 Å². The summed E-state index contributed by atoms with van der Waals surface area (Å²) in [6, 6.07) is 14.1. The zero-order chi connectivity index (χ0) is 15.2. The van der Waals surface area contributed by atoms with Gasteiger partial charge in [-0.15, -0.1) is 0 Å². The second kappa shape index (κ2) is 6.79. The lowest BCUT2D eigenvalue weighted by Gasteiger charge is -2.22. The van der Waals surface area contributed by atoms with Crippen LogP contribution >= 0.6 is 0 Å². The first-order chi connectivity index (χ1) is 10.1. The Kier molecular flexibility index (Phi) is 4.82. The van der Waals surface area contributed by atoms with Crippen LogP contribution in [0.1, 0.15) is 18.9 Å². The molecular weight excluding hydrogens is 264 g/mol. The number of nitrogens with zero attached hydrogens (tertiary/aromatic N) is 1. The van der Waals surface area contributed by atoms with Gasteiger partial charge in [0.1, 0.15) is 5.75 Å².